The number of likely N-dealkylation sites (N-methyl/N-ethyl adjacent to an activating group) is 1. The number of nitrogens with one attached hydrogen (secondary N) is 1. The Morgan fingerprint density at radius 3 is 2.26 bits per heavy atom. The Kier molecular flexibility index (Phi) is 2.87. The number of carbonyl (C=O) groups excluding carboxylic acids is 1. The Labute approximate surface area is 116 Å². The maximum Gasteiger partial charge on any atom is 0.224 e. The van der Waals surface area contributed by atoms with E-state index in [1.807, 2.05) is 7.05 Å². The van der Waals surface area contributed by atoms with Crippen LogP contribution in [-0.4, -0.2) is 37.0 Å². The Morgan fingerprint density at radius 1 is 1.11 bits per heavy atom. The predicted octanol–water partition coefficient (Wildman–Crippen LogP) is 1.88. The summed E-state index contributed by atoms with van der Waals surface area (Å²) in [5, 5.41) is 3.26. The first-order valence-corrected chi connectivity index (χ1v) is 8.18. The van der Waals surface area contributed by atoms with Crippen LogP contribution in [0.2, 0.25) is 0 Å². The molecule has 1 amide bonds. The first kappa shape index (κ1) is 12.2. The number of carbonyl (C=O) groups is 1. The maximum absolute atomic E-state index is 12.1. The van der Waals surface area contributed by atoms with Gasteiger partial charge in [-0.15, -0.1) is 0 Å². The third-order valence-electron chi connectivity index (χ3n) is 6.48. The molecule has 1 heterocycles. The number of nitrogens with zero attached hydrogens (tertiary/aromatic N) is 1. The van der Waals surface area contributed by atoms with Crippen LogP contribution < -0.4 is 5.32 Å². The number of hydrogen-bond acceptors (Lipinski definition) is 2. The van der Waals surface area contributed by atoms with Gasteiger partial charge in [-0.05, 0) is 68.7 Å². The molecular weight excluding hydrogens is 236 g/mol. The van der Waals surface area contributed by atoms with Gasteiger partial charge in [0.05, 0.1) is 0 Å². The molecule has 0 aromatic heterocycles. The lowest BCUT2D eigenvalue weighted by Crippen LogP contribution is -2.49. The minimum absolute atomic E-state index is 0.383. The molecule has 1 atom stereocenters. The summed E-state index contributed by atoms with van der Waals surface area (Å²) in [5.41, 5.74) is 0. The van der Waals surface area contributed by atoms with E-state index in [0.29, 0.717) is 18.4 Å². The zero-order chi connectivity index (χ0) is 13.0. The Morgan fingerprint density at radius 2 is 1.74 bits per heavy atom. The van der Waals surface area contributed by atoms with Crippen LogP contribution in [0.25, 0.3) is 0 Å². The van der Waals surface area contributed by atoms with Crippen molar-refractivity contribution in [1.82, 2.24) is 10.2 Å². The molecule has 1 N–H and O–H groups in total. The van der Waals surface area contributed by atoms with E-state index >= 15 is 0 Å². The van der Waals surface area contributed by atoms with Gasteiger partial charge in [-0.25, -0.2) is 0 Å². The van der Waals surface area contributed by atoms with E-state index in [1.165, 1.54) is 32.1 Å². The number of rotatable bonds is 3. The molecule has 0 aromatic carbocycles. The van der Waals surface area contributed by atoms with E-state index in [1.54, 1.807) is 0 Å². The number of amides is 1. The highest BCUT2D eigenvalue weighted by Gasteiger charge is 2.49. The topological polar surface area (TPSA) is 32.3 Å². The summed E-state index contributed by atoms with van der Waals surface area (Å²) >= 11 is 0. The minimum Gasteiger partial charge on any atom is -0.341 e. The van der Waals surface area contributed by atoms with Crippen LogP contribution in [-0.2, 0) is 4.79 Å². The van der Waals surface area contributed by atoms with Crippen LogP contribution in [0, 0.1) is 29.6 Å². The molecular formula is C16H26N2O. The minimum atomic E-state index is 0.383. The van der Waals surface area contributed by atoms with Gasteiger partial charge in [-0.2, -0.15) is 0 Å². The van der Waals surface area contributed by atoms with Crippen molar-refractivity contribution in [2.24, 2.45) is 29.6 Å². The fourth-order valence-electron chi connectivity index (χ4n) is 5.73. The molecule has 106 valence electrons. The highest BCUT2D eigenvalue weighted by atomic mass is 16.2. The van der Waals surface area contributed by atoms with Crippen LogP contribution in [0.3, 0.4) is 0 Å². The summed E-state index contributed by atoms with van der Waals surface area (Å²) in [6.45, 7) is 2.00. The van der Waals surface area contributed by atoms with Crippen molar-refractivity contribution in [3.63, 3.8) is 0 Å². The lowest BCUT2D eigenvalue weighted by atomic mass is 9.52. The van der Waals surface area contributed by atoms with Crippen LogP contribution in [0.1, 0.15) is 38.5 Å². The summed E-state index contributed by atoms with van der Waals surface area (Å²) < 4.78 is 0. The molecule has 4 saturated carbocycles. The fraction of sp³-hybridized carbons (Fsp3) is 0.938. The van der Waals surface area contributed by atoms with Gasteiger partial charge in [0, 0.05) is 25.6 Å². The van der Waals surface area contributed by atoms with E-state index in [9.17, 15) is 4.79 Å². The highest BCUT2D eigenvalue weighted by molar-refractivity contribution is 5.79. The van der Waals surface area contributed by atoms with Gasteiger partial charge in [0.15, 0.2) is 0 Å². The van der Waals surface area contributed by atoms with Gasteiger partial charge in [0.2, 0.25) is 5.91 Å². The largest absolute Gasteiger partial charge is 0.341 e. The van der Waals surface area contributed by atoms with Crippen molar-refractivity contribution in [3.05, 3.63) is 0 Å². The molecule has 0 spiro atoms. The maximum atomic E-state index is 12.1. The lowest BCUT2D eigenvalue weighted by Gasteiger charge is -2.55. The summed E-state index contributed by atoms with van der Waals surface area (Å²) in [7, 11) is 1.98. The zero-order valence-electron chi connectivity index (χ0n) is 12.0. The van der Waals surface area contributed by atoms with Crippen LogP contribution >= 0.6 is 0 Å². The third-order valence-corrected chi connectivity index (χ3v) is 6.48. The zero-order valence-corrected chi connectivity index (χ0v) is 12.0. The second kappa shape index (κ2) is 4.47. The molecule has 5 rings (SSSR count). The Hall–Kier alpha value is -0.570. The van der Waals surface area contributed by atoms with E-state index in [0.717, 1.165) is 42.7 Å². The SMILES string of the molecule is CNC1CC(=O)N(CC2C3CC4CC(C3)CC2C4)C1. The van der Waals surface area contributed by atoms with Gasteiger partial charge in [-0.1, -0.05) is 0 Å². The molecule has 3 heteroatoms. The fourth-order valence-corrected chi connectivity index (χ4v) is 5.73. The summed E-state index contributed by atoms with van der Waals surface area (Å²) in [4.78, 5) is 14.3. The summed E-state index contributed by atoms with van der Waals surface area (Å²) in [6, 6.07) is 0.393. The average molecular weight is 262 g/mol. The van der Waals surface area contributed by atoms with Gasteiger partial charge in [-0.3, -0.25) is 4.79 Å². The molecule has 3 nitrogen and oxygen atoms in total. The Balaban J connectivity index is 1.44. The molecule has 4 bridgehead atoms. The third kappa shape index (κ3) is 2.01. The number of hydrogen-bond donors (Lipinski definition) is 1. The molecule has 1 aliphatic heterocycles. The van der Waals surface area contributed by atoms with Gasteiger partial charge >= 0.3 is 0 Å². The van der Waals surface area contributed by atoms with Crippen molar-refractivity contribution in [3.8, 4) is 0 Å². The van der Waals surface area contributed by atoms with Gasteiger partial charge in [0.1, 0.15) is 0 Å². The molecule has 19 heavy (non-hydrogen) atoms. The first-order chi connectivity index (χ1) is 9.22. The van der Waals surface area contributed by atoms with E-state index in [4.69, 9.17) is 0 Å². The van der Waals surface area contributed by atoms with Gasteiger partial charge < -0.3 is 10.2 Å². The van der Waals surface area contributed by atoms with Crippen LogP contribution in [0.4, 0.5) is 0 Å². The van der Waals surface area contributed by atoms with Crippen molar-refractivity contribution >= 4 is 5.91 Å². The molecule has 1 saturated heterocycles. The van der Waals surface area contributed by atoms with Crippen molar-refractivity contribution in [2.45, 2.75) is 44.6 Å². The summed E-state index contributed by atoms with van der Waals surface area (Å²) in [5.74, 6) is 5.17. The molecule has 5 fully saturated rings. The van der Waals surface area contributed by atoms with Crippen molar-refractivity contribution in [1.29, 1.82) is 0 Å². The smallest absolute Gasteiger partial charge is 0.224 e. The normalized spacial score (nSPS) is 48.3. The van der Waals surface area contributed by atoms with E-state index < -0.39 is 0 Å². The molecule has 0 aromatic rings. The van der Waals surface area contributed by atoms with Crippen molar-refractivity contribution in [2.75, 3.05) is 20.1 Å². The highest BCUT2D eigenvalue weighted by Crippen LogP contribution is 2.56. The number of likely N-dealkylation sites (tertiary alicyclic amines) is 1. The Bertz CT molecular complexity index is 353. The molecule has 4 aliphatic carbocycles. The summed E-state index contributed by atoms with van der Waals surface area (Å²) in [6.07, 6.45) is 8.10. The quantitative estimate of drug-likeness (QED) is 0.842. The molecule has 1 unspecified atom stereocenters. The van der Waals surface area contributed by atoms with E-state index in [2.05, 4.69) is 10.2 Å². The molecule has 5 aliphatic rings. The van der Waals surface area contributed by atoms with Crippen molar-refractivity contribution < 1.29 is 4.79 Å². The van der Waals surface area contributed by atoms with Crippen LogP contribution in [0.15, 0.2) is 0 Å². The van der Waals surface area contributed by atoms with E-state index in [-0.39, 0.29) is 0 Å². The second-order valence-corrected chi connectivity index (χ2v) is 7.58. The monoisotopic (exact) mass is 262 g/mol. The molecule has 0 radical (unpaired) electrons. The standard InChI is InChI=1S/C16H26N2O/c1-17-14-7-16(19)18(8-14)9-15-12-3-10-2-11(5-12)6-13(15)4-10/h10-15,17H,2-9H2,1H3. The first-order valence-electron chi connectivity index (χ1n) is 8.18. The van der Waals surface area contributed by atoms with Gasteiger partial charge in [0.25, 0.3) is 0 Å². The second-order valence-electron chi connectivity index (χ2n) is 7.58. The average Bonchev–Trinajstić information content (AvgIpc) is 2.74. The van der Waals surface area contributed by atoms with Crippen LogP contribution in [0.5, 0.6) is 0 Å². The predicted molar refractivity (Wildman–Crippen MR) is 74.6 cm³/mol. The lowest BCUT2D eigenvalue weighted by molar-refractivity contribution is -0.130.